The number of rotatable bonds is 13. The first-order chi connectivity index (χ1) is 17.1. The van der Waals surface area contributed by atoms with Crippen LogP contribution < -0.4 is 20.3 Å². The Kier molecular flexibility index (Phi) is 10.1. The summed E-state index contributed by atoms with van der Waals surface area (Å²) in [6, 6.07) is 5.71. The van der Waals surface area contributed by atoms with Crippen molar-refractivity contribution in [2.45, 2.75) is 78.9 Å². The van der Waals surface area contributed by atoms with Gasteiger partial charge in [0.1, 0.15) is 5.75 Å². The number of hydrogen-bond acceptors (Lipinski definition) is 5. The first-order valence-electron chi connectivity index (χ1n) is 12.6. The second kappa shape index (κ2) is 12.2. The molecule has 0 saturated heterocycles. The van der Waals surface area contributed by atoms with Gasteiger partial charge in [-0.1, -0.05) is 32.2 Å². The minimum absolute atomic E-state index is 0.124. The number of aryl methyl sites for hydroxylation is 1. The first-order valence-corrected chi connectivity index (χ1v) is 14.3. The molecule has 1 atom stereocenters. The summed E-state index contributed by atoms with van der Waals surface area (Å²) in [5.74, 6) is -0.440. The number of unbranched alkanes of at least 4 members (excludes halogenated alkanes) is 1. The number of primary sulfonamides is 1. The molecular formula is C29H41NO6S. The number of carboxylic acid groups (broad SMARTS) is 1. The van der Waals surface area contributed by atoms with Crippen LogP contribution >= 0.6 is 0 Å². The van der Waals surface area contributed by atoms with Gasteiger partial charge in [-0.25, -0.2) is 18.4 Å². The van der Waals surface area contributed by atoms with Crippen LogP contribution in [-0.2, 0) is 26.0 Å². The van der Waals surface area contributed by atoms with Crippen molar-refractivity contribution in [3.63, 3.8) is 0 Å². The van der Waals surface area contributed by atoms with Crippen molar-refractivity contribution >= 4 is 29.2 Å². The summed E-state index contributed by atoms with van der Waals surface area (Å²) in [6.07, 6.45) is 0.820. The Morgan fingerprint density at radius 1 is 1.16 bits per heavy atom. The van der Waals surface area contributed by atoms with Crippen molar-refractivity contribution in [2.24, 2.45) is 5.14 Å². The molecule has 0 aliphatic carbocycles. The van der Waals surface area contributed by atoms with Gasteiger partial charge in [-0.15, -0.1) is 0 Å². The van der Waals surface area contributed by atoms with Gasteiger partial charge in [0.25, 0.3) is 0 Å². The second-order valence-corrected chi connectivity index (χ2v) is 11.8. The van der Waals surface area contributed by atoms with E-state index in [1.165, 1.54) is 0 Å². The fraction of sp³-hybridized carbons (Fsp3) is 0.483. The van der Waals surface area contributed by atoms with Crippen molar-refractivity contribution in [1.29, 1.82) is 0 Å². The largest absolute Gasteiger partial charge is 0.494 e. The summed E-state index contributed by atoms with van der Waals surface area (Å²) in [5, 5.41) is 16.8. The zero-order valence-corrected chi connectivity index (χ0v) is 23.8. The monoisotopic (exact) mass is 531 g/mol. The topological polar surface area (TPSA) is 116 Å². The van der Waals surface area contributed by atoms with Crippen molar-refractivity contribution in [3.8, 4) is 16.9 Å². The summed E-state index contributed by atoms with van der Waals surface area (Å²) in [4.78, 5) is 12.7. The van der Waals surface area contributed by atoms with Crippen LogP contribution in [0.2, 0.25) is 0 Å². The predicted molar refractivity (Wildman–Crippen MR) is 150 cm³/mol. The van der Waals surface area contributed by atoms with E-state index in [1.807, 2.05) is 52.8 Å². The average Bonchev–Trinajstić information content (AvgIpc) is 2.78. The van der Waals surface area contributed by atoms with E-state index in [4.69, 9.17) is 14.6 Å². The Balaban J connectivity index is 2.65. The summed E-state index contributed by atoms with van der Waals surface area (Å²) in [6.45, 7) is 20.5. The second-order valence-electron chi connectivity index (χ2n) is 10.0. The lowest BCUT2D eigenvalue weighted by Crippen LogP contribution is -2.34. The lowest BCUT2D eigenvalue weighted by molar-refractivity contribution is -0.163. The number of nitrogens with two attached hydrogens (primary N) is 1. The van der Waals surface area contributed by atoms with Crippen LogP contribution in [0.3, 0.4) is 0 Å². The molecule has 0 aromatic heterocycles. The van der Waals surface area contributed by atoms with Crippen LogP contribution in [-0.4, -0.2) is 37.5 Å². The highest BCUT2D eigenvalue weighted by molar-refractivity contribution is 7.89. The number of carboxylic acids is 1. The van der Waals surface area contributed by atoms with E-state index < -0.39 is 27.7 Å². The smallest absolute Gasteiger partial charge is 0.337 e. The fourth-order valence-electron chi connectivity index (χ4n) is 4.79. The van der Waals surface area contributed by atoms with Gasteiger partial charge in [0.05, 0.1) is 18.0 Å². The van der Waals surface area contributed by atoms with Crippen LogP contribution in [0.5, 0.6) is 5.75 Å². The molecule has 0 radical (unpaired) electrons. The van der Waals surface area contributed by atoms with E-state index in [9.17, 15) is 18.3 Å². The molecule has 1 unspecified atom stereocenters. The molecule has 0 aliphatic rings. The Hall–Kier alpha value is -2.68. The summed E-state index contributed by atoms with van der Waals surface area (Å²) in [7, 11) is -3.55. The predicted octanol–water partition coefficient (Wildman–Crippen LogP) is 4.13. The molecule has 2 aromatic carbocycles. The van der Waals surface area contributed by atoms with E-state index in [2.05, 4.69) is 20.1 Å². The zero-order chi connectivity index (χ0) is 28.1. The van der Waals surface area contributed by atoms with Crippen LogP contribution in [0.15, 0.2) is 18.2 Å². The average molecular weight is 532 g/mol. The van der Waals surface area contributed by atoms with Crippen LogP contribution in [0.4, 0.5) is 0 Å². The van der Waals surface area contributed by atoms with Gasteiger partial charge in [0.2, 0.25) is 10.0 Å². The minimum atomic E-state index is -3.55. The Morgan fingerprint density at radius 3 is 2.35 bits per heavy atom. The molecule has 2 rings (SSSR count). The molecule has 37 heavy (non-hydrogen) atoms. The molecule has 204 valence electrons. The van der Waals surface area contributed by atoms with E-state index in [-0.39, 0.29) is 5.75 Å². The van der Waals surface area contributed by atoms with E-state index in [1.54, 1.807) is 0 Å². The van der Waals surface area contributed by atoms with E-state index >= 15 is 0 Å². The maximum absolute atomic E-state index is 12.7. The van der Waals surface area contributed by atoms with Crippen LogP contribution in [0.25, 0.3) is 24.3 Å². The third-order valence-corrected chi connectivity index (χ3v) is 7.48. The van der Waals surface area contributed by atoms with Crippen LogP contribution in [0, 0.1) is 13.8 Å². The Morgan fingerprint density at radius 2 is 1.81 bits per heavy atom. The van der Waals surface area contributed by atoms with E-state index in [0.29, 0.717) is 42.2 Å². The number of ether oxygens (including phenoxy) is 2. The maximum atomic E-state index is 12.7. The summed E-state index contributed by atoms with van der Waals surface area (Å²) in [5.41, 5.74) is 4.11. The zero-order valence-electron chi connectivity index (χ0n) is 22.9. The summed E-state index contributed by atoms with van der Waals surface area (Å²) < 4.78 is 34.6. The molecule has 2 aromatic rings. The molecule has 8 heteroatoms. The Labute approximate surface area is 221 Å². The SMILES string of the molecule is C=c1cc(C)c(C(OC(C)(C)CCCCS(N)(=O)=O)C(=O)O)c(-c2ccc(OCC)c(C)c2CC)c1=C. The normalized spacial score (nSPS) is 12.9. The quantitative estimate of drug-likeness (QED) is 0.376. The van der Waals surface area contributed by atoms with E-state index in [0.717, 1.165) is 39.6 Å². The van der Waals surface area contributed by atoms with Gasteiger partial charge in [-0.05, 0) is 105 Å². The van der Waals surface area contributed by atoms with Crippen molar-refractivity contribution < 1.29 is 27.8 Å². The van der Waals surface area contributed by atoms with Crippen molar-refractivity contribution in [2.75, 3.05) is 12.4 Å². The molecule has 3 N–H and O–H groups in total. The number of hydrogen-bond donors (Lipinski definition) is 2. The highest BCUT2D eigenvalue weighted by Gasteiger charge is 2.33. The molecule has 7 nitrogen and oxygen atoms in total. The molecule has 0 spiro atoms. The van der Waals surface area contributed by atoms with Gasteiger partial charge >= 0.3 is 5.97 Å². The molecule has 0 amide bonds. The van der Waals surface area contributed by atoms with Crippen molar-refractivity contribution in [1.82, 2.24) is 0 Å². The lowest BCUT2D eigenvalue weighted by Gasteiger charge is -2.31. The number of aliphatic carboxylic acids is 1. The molecule has 0 heterocycles. The third kappa shape index (κ3) is 7.66. The molecular weight excluding hydrogens is 490 g/mol. The fourth-order valence-corrected chi connectivity index (χ4v) is 5.40. The molecule has 0 aliphatic heterocycles. The van der Waals surface area contributed by atoms with Gasteiger partial charge in [-0.2, -0.15) is 0 Å². The van der Waals surface area contributed by atoms with Gasteiger partial charge < -0.3 is 14.6 Å². The van der Waals surface area contributed by atoms with Gasteiger partial charge in [0, 0.05) is 5.56 Å². The molecule has 0 fully saturated rings. The summed E-state index contributed by atoms with van der Waals surface area (Å²) >= 11 is 0. The molecule has 0 saturated carbocycles. The minimum Gasteiger partial charge on any atom is -0.494 e. The highest BCUT2D eigenvalue weighted by atomic mass is 32.2. The third-order valence-electron chi connectivity index (χ3n) is 6.63. The maximum Gasteiger partial charge on any atom is 0.337 e. The Bertz CT molecular complexity index is 1350. The molecule has 0 bridgehead atoms. The van der Waals surface area contributed by atoms with Gasteiger partial charge in [0.15, 0.2) is 6.10 Å². The standard InChI is InChI=1S/C29H41NO6S/c1-9-22-21(6)24(35-10-2)14-13-23(22)26-20(5)18(3)17-19(4)25(26)27(28(31)32)36-29(7,8)15-11-12-16-37(30,33)34/h13-14,17,27H,3,5,9-12,15-16H2,1-2,4,6-8H3,(H,31,32)(H2,30,33,34). The van der Waals surface area contributed by atoms with Crippen molar-refractivity contribution in [3.05, 3.63) is 50.9 Å². The highest BCUT2D eigenvalue weighted by Crippen LogP contribution is 2.38. The number of carbonyl (C=O) groups is 1. The van der Waals surface area contributed by atoms with Crippen LogP contribution in [0.1, 0.15) is 75.3 Å². The number of sulfonamides is 1. The first kappa shape index (κ1) is 30.5. The van der Waals surface area contributed by atoms with Gasteiger partial charge in [-0.3, -0.25) is 0 Å². The number of benzene rings is 2. The lowest BCUT2D eigenvalue weighted by atomic mass is 9.85.